The third kappa shape index (κ3) is 8.30. The Morgan fingerprint density at radius 2 is 2.04 bits per heavy atom. The van der Waals surface area contributed by atoms with E-state index in [1.54, 1.807) is 14.1 Å². The smallest absolute Gasteiger partial charge is 0.243 e. The van der Waals surface area contributed by atoms with Gasteiger partial charge < -0.3 is 25.0 Å². The number of carbonyl (C=O) groups excluding carboxylic acids is 1. The number of nitrogens with one attached hydrogen (secondary N) is 2. The van der Waals surface area contributed by atoms with Crippen LogP contribution in [0.2, 0.25) is 0 Å². The van der Waals surface area contributed by atoms with Crippen molar-refractivity contribution in [1.29, 1.82) is 0 Å². The average molecular weight is 377 g/mol. The first kappa shape index (κ1) is 21.0. The molecule has 0 bridgehead atoms. The number of carbonyl (C=O) groups is 1. The molecule has 7 heteroatoms. The first-order chi connectivity index (χ1) is 13.0. The van der Waals surface area contributed by atoms with Crippen molar-refractivity contribution in [1.82, 2.24) is 15.5 Å². The van der Waals surface area contributed by atoms with Gasteiger partial charge in [0, 0.05) is 27.2 Å². The highest BCUT2D eigenvalue weighted by atomic mass is 16.5. The molecule has 1 amide bonds. The monoisotopic (exact) mass is 376 g/mol. The first-order valence-electron chi connectivity index (χ1n) is 9.58. The Bertz CT molecular complexity index is 596. The van der Waals surface area contributed by atoms with E-state index in [0.29, 0.717) is 25.7 Å². The molecule has 27 heavy (non-hydrogen) atoms. The average Bonchev–Trinajstić information content (AvgIpc) is 2.68. The maximum Gasteiger partial charge on any atom is 0.243 e. The van der Waals surface area contributed by atoms with Crippen LogP contribution < -0.4 is 15.4 Å². The van der Waals surface area contributed by atoms with E-state index in [4.69, 9.17) is 9.47 Å². The second-order valence-corrected chi connectivity index (χ2v) is 6.91. The van der Waals surface area contributed by atoms with Gasteiger partial charge in [-0.05, 0) is 38.3 Å². The number of nitrogens with zero attached hydrogens (tertiary/aromatic N) is 2. The number of hydrogen-bond acceptors (Lipinski definition) is 4. The third-order valence-electron chi connectivity index (χ3n) is 4.33. The topological polar surface area (TPSA) is 75.2 Å². The number of likely N-dealkylation sites (N-methyl/N-ethyl adjacent to an activating group) is 1. The fraction of sp³-hybridized carbons (Fsp3) is 0.600. The van der Waals surface area contributed by atoms with Crippen LogP contribution in [0.15, 0.2) is 29.3 Å². The minimum Gasteiger partial charge on any atom is -0.492 e. The predicted octanol–water partition coefficient (Wildman–Crippen LogP) is 1.57. The minimum atomic E-state index is -0.0408. The van der Waals surface area contributed by atoms with Crippen molar-refractivity contribution in [2.24, 2.45) is 4.99 Å². The van der Waals surface area contributed by atoms with Crippen molar-refractivity contribution in [3.63, 3.8) is 0 Å². The van der Waals surface area contributed by atoms with Gasteiger partial charge in [0.25, 0.3) is 0 Å². The van der Waals surface area contributed by atoms with E-state index in [0.717, 1.165) is 25.2 Å². The number of ether oxygens (including phenoxy) is 2. The molecule has 0 saturated carbocycles. The molecule has 1 aromatic carbocycles. The largest absolute Gasteiger partial charge is 0.492 e. The predicted molar refractivity (Wildman–Crippen MR) is 107 cm³/mol. The van der Waals surface area contributed by atoms with Gasteiger partial charge in [-0.25, -0.2) is 4.99 Å². The van der Waals surface area contributed by atoms with Gasteiger partial charge in [0.2, 0.25) is 5.91 Å². The molecule has 1 heterocycles. The van der Waals surface area contributed by atoms with Crippen LogP contribution in [0.3, 0.4) is 0 Å². The molecule has 0 aliphatic carbocycles. The van der Waals surface area contributed by atoms with Crippen LogP contribution in [0, 0.1) is 6.92 Å². The molecule has 1 fully saturated rings. The summed E-state index contributed by atoms with van der Waals surface area (Å²) in [6.45, 7) is 4.74. The Hall–Kier alpha value is -2.28. The minimum absolute atomic E-state index is 0.0408. The normalized spacial score (nSPS) is 17.3. The van der Waals surface area contributed by atoms with Gasteiger partial charge in [0.15, 0.2) is 5.96 Å². The summed E-state index contributed by atoms with van der Waals surface area (Å²) in [4.78, 5) is 17.7. The Kier molecular flexibility index (Phi) is 8.91. The van der Waals surface area contributed by atoms with Gasteiger partial charge >= 0.3 is 0 Å². The molecule has 7 nitrogen and oxygen atoms in total. The standard InChI is InChI=1S/C20H32N4O3/c1-16-7-9-17(10-8-16)27-13-11-21-20(23-15-19(25)24(2)3)22-14-18-6-4-5-12-26-18/h7-10,18H,4-6,11-15H2,1-3H3,(H2,21,22,23). The number of benzene rings is 1. The zero-order chi connectivity index (χ0) is 19.5. The number of rotatable bonds is 8. The highest BCUT2D eigenvalue weighted by molar-refractivity contribution is 5.84. The van der Waals surface area contributed by atoms with E-state index >= 15 is 0 Å². The molecule has 150 valence electrons. The molecular weight excluding hydrogens is 344 g/mol. The van der Waals surface area contributed by atoms with Gasteiger partial charge in [-0.3, -0.25) is 4.79 Å². The molecule has 2 rings (SSSR count). The SMILES string of the molecule is Cc1ccc(OCCNC(=NCC(=O)N(C)C)NCC2CCCCO2)cc1. The fourth-order valence-electron chi connectivity index (χ4n) is 2.61. The highest BCUT2D eigenvalue weighted by Crippen LogP contribution is 2.12. The van der Waals surface area contributed by atoms with Crippen LogP contribution in [0.4, 0.5) is 0 Å². The van der Waals surface area contributed by atoms with E-state index in [1.807, 2.05) is 31.2 Å². The lowest BCUT2D eigenvalue weighted by atomic mass is 10.1. The summed E-state index contributed by atoms with van der Waals surface area (Å²) in [5.74, 6) is 1.40. The van der Waals surface area contributed by atoms with Crippen LogP contribution in [-0.4, -0.2) is 69.8 Å². The molecular formula is C20H32N4O3. The van der Waals surface area contributed by atoms with Gasteiger partial charge in [-0.1, -0.05) is 17.7 Å². The summed E-state index contributed by atoms with van der Waals surface area (Å²) < 4.78 is 11.5. The number of hydrogen-bond donors (Lipinski definition) is 2. The van der Waals surface area contributed by atoms with Crippen molar-refractivity contribution < 1.29 is 14.3 Å². The lowest BCUT2D eigenvalue weighted by Crippen LogP contribution is -2.44. The number of aryl methyl sites for hydroxylation is 1. The summed E-state index contributed by atoms with van der Waals surface area (Å²) >= 11 is 0. The van der Waals surface area contributed by atoms with Gasteiger partial charge in [0.1, 0.15) is 18.9 Å². The summed E-state index contributed by atoms with van der Waals surface area (Å²) in [6, 6.07) is 7.96. The molecule has 0 spiro atoms. The van der Waals surface area contributed by atoms with E-state index in [1.165, 1.54) is 16.9 Å². The Morgan fingerprint density at radius 1 is 1.26 bits per heavy atom. The first-order valence-corrected chi connectivity index (χ1v) is 9.58. The molecule has 2 N–H and O–H groups in total. The van der Waals surface area contributed by atoms with Crippen molar-refractivity contribution in [3.8, 4) is 5.75 Å². The van der Waals surface area contributed by atoms with Gasteiger partial charge in [-0.15, -0.1) is 0 Å². The Balaban J connectivity index is 1.79. The highest BCUT2D eigenvalue weighted by Gasteiger charge is 2.14. The number of guanidine groups is 1. The molecule has 1 aliphatic heterocycles. The molecule has 1 aliphatic rings. The summed E-state index contributed by atoms with van der Waals surface area (Å²) in [5.41, 5.74) is 1.20. The molecule has 1 atom stereocenters. The maximum absolute atomic E-state index is 11.8. The number of amides is 1. The Labute approximate surface area is 162 Å². The van der Waals surface area contributed by atoms with Crippen LogP contribution in [-0.2, 0) is 9.53 Å². The maximum atomic E-state index is 11.8. The van der Waals surface area contributed by atoms with Crippen LogP contribution in [0.5, 0.6) is 5.75 Å². The molecule has 1 aromatic rings. The van der Waals surface area contributed by atoms with Crippen molar-refractivity contribution in [2.75, 3.05) is 46.9 Å². The van der Waals surface area contributed by atoms with E-state index in [-0.39, 0.29) is 18.6 Å². The van der Waals surface area contributed by atoms with Crippen molar-refractivity contribution >= 4 is 11.9 Å². The quantitative estimate of drug-likeness (QED) is 0.409. The van der Waals surface area contributed by atoms with E-state index < -0.39 is 0 Å². The Morgan fingerprint density at radius 3 is 2.70 bits per heavy atom. The third-order valence-corrected chi connectivity index (χ3v) is 4.33. The lowest BCUT2D eigenvalue weighted by Gasteiger charge is -2.24. The summed E-state index contributed by atoms with van der Waals surface area (Å²) in [6.07, 6.45) is 3.56. The zero-order valence-electron chi connectivity index (χ0n) is 16.7. The van der Waals surface area contributed by atoms with E-state index in [9.17, 15) is 4.79 Å². The van der Waals surface area contributed by atoms with Crippen LogP contribution >= 0.6 is 0 Å². The molecule has 1 saturated heterocycles. The summed E-state index contributed by atoms with van der Waals surface area (Å²) in [5, 5.41) is 6.50. The second-order valence-electron chi connectivity index (χ2n) is 6.91. The number of aliphatic imine (C=N–C) groups is 1. The summed E-state index contributed by atoms with van der Waals surface area (Å²) in [7, 11) is 3.45. The molecule has 1 unspecified atom stereocenters. The zero-order valence-corrected chi connectivity index (χ0v) is 16.7. The fourth-order valence-corrected chi connectivity index (χ4v) is 2.61. The van der Waals surface area contributed by atoms with Crippen LogP contribution in [0.25, 0.3) is 0 Å². The van der Waals surface area contributed by atoms with Gasteiger partial charge in [0.05, 0.1) is 12.6 Å². The molecule has 0 radical (unpaired) electrons. The van der Waals surface area contributed by atoms with Crippen molar-refractivity contribution in [3.05, 3.63) is 29.8 Å². The lowest BCUT2D eigenvalue weighted by molar-refractivity contribution is -0.127. The van der Waals surface area contributed by atoms with E-state index in [2.05, 4.69) is 15.6 Å². The van der Waals surface area contributed by atoms with Crippen molar-refractivity contribution in [2.45, 2.75) is 32.3 Å². The van der Waals surface area contributed by atoms with Gasteiger partial charge in [-0.2, -0.15) is 0 Å². The molecule has 0 aromatic heterocycles. The second kappa shape index (κ2) is 11.4. The van der Waals surface area contributed by atoms with Crippen LogP contribution in [0.1, 0.15) is 24.8 Å².